The SMILES string of the molecule is Cc1ccc([C@@H]2OCCC[C@@H]2CNC(=O)c2ccco2)cc1. The highest BCUT2D eigenvalue weighted by Crippen LogP contribution is 2.33. The Labute approximate surface area is 130 Å². The lowest BCUT2D eigenvalue weighted by Gasteiger charge is -2.32. The fourth-order valence-corrected chi connectivity index (χ4v) is 2.90. The standard InChI is InChI=1S/C18H21NO3/c1-13-6-8-14(9-7-13)17-15(4-2-11-22-17)12-19-18(20)16-5-3-10-21-16/h3,5-10,15,17H,2,4,11-12H2,1H3,(H,19,20)/t15-,17+/m1/s1. The van der Waals surface area contributed by atoms with E-state index in [1.165, 1.54) is 17.4 Å². The molecule has 4 heteroatoms. The number of furan rings is 1. The molecule has 0 bridgehead atoms. The molecule has 2 atom stereocenters. The van der Waals surface area contributed by atoms with E-state index < -0.39 is 0 Å². The van der Waals surface area contributed by atoms with Gasteiger partial charge in [0.25, 0.3) is 5.91 Å². The zero-order valence-corrected chi connectivity index (χ0v) is 12.7. The number of carbonyl (C=O) groups excluding carboxylic acids is 1. The van der Waals surface area contributed by atoms with Gasteiger partial charge in [0.2, 0.25) is 0 Å². The van der Waals surface area contributed by atoms with Crippen molar-refractivity contribution in [1.82, 2.24) is 5.32 Å². The van der Waals surface area contributed by atoms with E-state index in [0.29, 0.717) is 12.3 Å². The average Bonchev–Trinajstić information content (AvgIpc) is 3.08. The first kappa shape index (κ1) is 14.9. The van der Waals surface area contributed by atoms with Crippen LogP contribution < -0.4 is 5.32 Å². The third-order valence-corrected chi connectivity index (χ3v) is 4.12. The molecule has 1 fully saturated rings. The molecule has 0 aliphatic carbocycles. The highest BCUT2D eigenvalue weighted by Gasteiger charge is 2.28. The zero-order valence-electron chi connectivity index (χ0n) is 12.7. The third kappa shape index (κ3) is 3.39. The van der Waals surface area contributed by atoms with Gasteiger partial charge in [0.15, 0.2) is 5.76 Å². The molecule has 0 saturated carbocycles. The second kappa shape index (κ2) is 6.79. The van der Waals surface area contributed by atoms with Gasteiger partial charge in [-0.3, -0.25) is 4.79 Å². The molecule has 1 aliphatic rings. The van der Waals surface area contributed by atoms with Crippen molar-refractivity contribution in [3.63, 3.8) is 0 Å². The first-order valence-corrected chi connectivity index (χ1v) is 7.74. The van der Waals surface area contributed by atoms with Crippen molar-refractivity contribution in [3.05, 3.63) is 59.5 Å². The van der Waals surface area contributed by atoms with Crippen LogP contribution in [0.15, 0.2) is 47.1 Å². The number of amides is 1. The maximum absolute atomic E-state index is 12.0. The minimum Gasteiger partial charge on any atom is -0.459 e. The van der Waals surface area contributed by atoms with Gasteiger partial charge < -0.3 is 14.5 Å². The largest absolute Gasteiger partial charge is 0.459 e. The average molecular weight is 299 g/mol. The second-order valence-corrected chi connectivity index (χ2v) is 5.79. The van der Waals surface area contributed by atoms with E-state index >= 15 is 0 Å². The summed E-state index contributed by atoms with van der Waals surface area (Å²) in [4.78, 5) is 12.0. The summed E-state index contributed by atoms with van der Waals surface area (Å²) in [5, 5.41) is 2.95. The molecule has 1 aromatic carbocycles. The summed E-state index contributed by atoms with van der Waals surface area (Å²) in [5.74, 6) is 0.470. The summed E-state index contributed by atoms with van der Waals surface area (Å²) >= 11 is 0. The molecule has 4 nitrogen and oxygen atoms in total. The topological polar surface area (TPSA) is 51.5 Å². The Morgan fingerprint density at radius 1 is 1.27 bits per heavy atom. The Hall–Kier alpha value is -2.07. The summed E-state index contributed by atoms with van der Waals surface area (Å²) in [7, 11) is 0. The first-order valence-electron chi connectivity index (χ1n) is 7.74. The van der Waals surface area contributed by atoms with Crippen LogP contribution in [0.2, 0.25) is 0 Å². The number of nitrogens with one attached hydrogen (secondary N) is 1. The predicted molar refractivity (Wildman–Crippen MR) is 83.6 cm³/mol. The highest BCUT2D eigenvalue weighted by molar-refractivity contribution is 5.91. The summed E-state index contributed by atoms with van der Waals surface area (Å²) in [6.45, 7) is 3.45. The summed E-state index contributed by atoms with van der Waals surface area (Å²) in [6, 6.07) is 11.8. The van der Waals surface area contributed by atoms with Gasteiger partial charge in [-0.1, -0.05) is 29.8 Å². The van der Waals surface area contributed by atoms with Gasteiger partial charge in [-0.15, -0.1) is 0 Å². The molecule has 1 N–H and O–H groups in total. The van der Waals surface area contributed by atoms with Crippen LogP contribution in [0, 0.1) is 12.8 Å². The highest BCUT2D eigenvalue weighted by atomic mass is 16.5. The Bertz CT molecular complexity index is 604. The minimum atomic E-state index is -0.168. The molecule has 2 aromatic rings. The van der Waals surface area contributed by atoms with Gasteiger partial charge in [0, 0.05) is 19.1 Å². The van der Waals surface area contributed by atoms with E-state index in [9.17, 15) is 4.79 Å². The van der Waals surface area contributed by atoms with Gasteiger partial charge >= 0.3 is 0 Å². The fourth-order valence-electron chi connectivity index (χ4n) is 2.90. The lowest BCUT2D eigenvalue weighted by molar-refractivity contribution is -0.0273. The number of carbonyl (C=O) groups is 1. The predicted octanol–water partition coefficient (Wildman–Crippen LogP) is 3.49. The molecule has 1 amide bonds. The minimum absolute atomic E-state index is 0.0475. The molecule has 0 unspecified atom stereocenters. The van der Waals surface area contributed by atoms with E-state index in [1.54, 1.807) is 12.1 Å². The number of rotatable bonds is 4. The zero-order chi connectivity index (χ0) is 15.4. The molecule has 1 aliphatic heterocycles. The molecule has 2 heterocycles. The smallest absolute Gasteiger partial charge is 0.286 e. The number of ether oxygens (including phenoxy) is 1. The van der Waals surface area contributed by atoms with Gasteiger partial charge in [-0.25, -0.2) is 0 Å². The van der Waals surface area contributed by atoms with E-state index in [-0.39, 0.29) is 17.9 Å². The van der Waals surface area contributed by atoms with Gasteiger partial charge in [-0.05, 0) is 37.5 Å². The van der Waals surface area contributed by atoms with Gasteiger partial charge in [0.1, 0.15) is 0 Å². The summed E-state index contributed by atoms with van der Waals surface area (Å²) < 4.78 is 11.1. The van der Waals surface area contributed by atoms with Crippen molar-refractivity contribution in [2.24, 2.45) is 5.92 Å². The summed E-state index contributed by atoms with van der Waals surface area (Å²) in [6.07, 6.45) is 3.64. The number of hydrogen-bond donors (Lipinski definition) is 1. The normalized spacial score (nSPS) is 21.5. The number of benzene rings is 1. The number of hydrogen-bond acceptors (Lipinski definition) is 3. The van der Waals surface area contributed by atoms with Crippen LogP contribution in [0.1, 0.15) is 40.6 Å². The van der Waals surface area contributed by atoms with Crippen LogP contribution in [-0.2, 0) is 4.74 Å². The molecule has 22 heavy (non-hydrogen) atoms. The summed E-state index contributed by atoms with van der Waals surface area (Å²) in [5.41, 5.74) is 2.42. The van der Waals surface area contributed by atoms with Crippen molar-refractivity contribution in [3.8, 4) is 0 Å². The van der Waals surface area contributed by atoms with E-state index in [4.69, 9.17) is 9.15 Å². The van der Waals surface area contributed by atoms with Crippen molar-refractivity contribution in [1.29, 1.82) is 0 Å². The second-order valence-electron chi connectivity index (χ2n) is 5.79. The monoisotopic (exact) mass is 299 g/mol. The van der Waals surface area contributed by atoms with E-state index in [0.717, 1.165) is 19.4 Å². The van der Waals surface area contributed by atoms with Crippen molar-refractivity contribution in [2.75, 3.05) is 13.2 Å². The maximum Gasteiger partial charge on any atom is 0.286 e. The molecule has 0 spiro atoms. The molecule has 116 valence electrons. The van der Waals surface area contributed by atoms with Crippen molar-refractivity contribution >= 4 is 5.91 Å². The molecule has 1 aromatic heterocycles. The van der Waals surface area contributed by atoms with Crippen molar-refractivity contribution in [2.45, 2.75) is 25.9 Å². The number of aryl methyl sites for hydroxylation is 1. The Morgan fingerprint density at radius 3 is 2.82 bits per heavy atom. The van der Waals surface area contributed by atoms with Crippen molar-refractivity contribution < 1.29 is 13.9 Å². The first-order chi connectivity index (χ1) is 10.7. The van der Waals surface area contributed by atoms with Gasteiger partial charge in [-0.2, -0.15) is 0 Å². The van der Waals surface area contributed by atoms with Crippen LogP contribution >= 0.6 is 0 Å². The third-order valence-electron chi connectivity index (χ3n) is 4.12. The van der Waals surface area contributed by atoms with Crippen LogP contribution in [0.3, 0.4) is 0 Å². The lowest BCUT2D eigenvalue weighted by atomic mass is 9.89. The molecule has 0 radical (unpaired) electrons. The van der Waals surface area contributed by atoms with Crippen LogP contribution in [-0.4, -0.2) is 19.1 Å². The Morgan fingerprint density at radius 2 is 2.09 bits per heavy atom. The quantitative estimate of drug-likeness (QED) is 0.940. The fraction of sp³-hybridized carbons (Fsp3) is 0.389. The van der Waals surface area contributed by atoms with Gasteiger partial charge in [0.05, 0.1) is 12.4 Å². The van der Waals surface area contributed by atoms with Crippen LogP contribution in [0.5, 0.6) is 0 Å². The molecular weight excluding hydrogens is 278 g/mol. The maximum atomic E-state index is 12.0. The van der Waals surface area contributed by atoms with Crippen LogP contribution in [0.25, 0.3) is 0 Å². The lowest BCUT2D eigenvalue weighted by Crippen LogP contribution is -2.35. The Balaban J connectivity index is 1.65. The van der Waals surface area contributed by atoms with E-state index in [2.05, 4.69) is 36.5 Å². The van der Waals surface area contributed by atoms with Crippen LogP contribution in [0.4, 0.5) is 0 Å². The molecular formula is C18H21NO3. The molecule has 3 rings (SSSR count). The van der Waals surface area contributed by atoms with E-state index in [1.807, 2.05) is 0 Å². The Kier molecular flexibility index (Phi) is 4.59. The molecule has 1 saturated heterocycles.